The number of nitrogens with one attached hydrogen (secondary N) is 1. The zero-order chi connectivity index (χ0) is 13.2. The van der Waals surface area contributed by atoms with Crippen LogP contribution in [-0.2, 0) is 0 Å². The number of rotatable bonds is 3. The Balaban J connectivity index is 0.00000180. The van der Waals surface area contributed by atoms with Crippen molar-refractivity contribution in [2.75, 3.05) is 6.54 Å². The van der Waals surface area contributed by atoms with Crippen molar-refractivity contribution < 1.29 is 9.18 Å². The van der Waals surface area contributed by atoms with Gasteiger partial charge in [-0.15, -0.1) is 12.4 Å². The first-order valence-electron chi connectivity index (χ1n) is 6.04. The molecule has 6 heteroatoms. The van der Waals surface area contributed by atoms with Gasteiger partial charge >= 0.3 is 0 Å². The van der Waals surface area contributed by atoms with Gasteiger partial charge in [0, 0.05) is 10.1 Å². The summed E-state index contributed by atoms with van der Waals surface area (Å²) in [6.45, 7) is 0.455. The number of carbonyl (C=O) groups is 1. The zero-order valence-corrected chi connectivity index (χ0v) is 13.4. The van der Waals surface area contributed by atoms with Crippen LogP contribution in [0.1, 0.15) is 36.0 Å². The van der Waals surface area contributed by atoms with Crippen molar-refractivity contribution >= 4 is 40.9 Å². The fourth-order valence-corrected chi connectivity index (χ4v) is 3.14. The Hall–Kier alpha value is -0.400. The number of benzene rings is 1. The minimum atomic E-state index is -0.328. The van der Waals surface area contributed by atoms with Gasteiger partial charge < -0.3 is 11.1 Å². The standard InChI is InChI=1S/C13H16FIN2O.ClH/c14-9-3-4-10(11(15)7-9)12(18)17-13(8-16)5-1-2-6-13;/h3-4,7H,1-2,5-6,8,16H2,(H,17,18);1H. The van der Waals surface area contributed by atoms with Crippen molar-refractivity contribution in [3.63, 3.8) is 0 Å². The molecule has 0 heterocycles. The van der Waals surface area contributed by atoms with Gasteiger partial charge in [-0.1, -0.05) is 12.8 Å². The number of amides is 1. The van der Waals surface area contributed by atoms with Crippen LogP contribution in [0.3, 0.4) is 0 Å². The summed E-state index contributed by atoms with van der Waals surface area (Å²) in [4.78, 5) is 12.2. The maximum Gasteiger partial charge on any atom is 0.252 e. The minimum absolute atomic E-state index is 0. The lowest BCUT2D eigenvalue weighted by Crippen LogP contribution is -2.51. The summed E-state index contributed by atoms with van der Waals surface area (Å²) in [7, 11) is 0. The molecule has 0 unspecified atom stereocenters. The van der Waals surface area contributed by atoms with Crippen molar-refractivity contribution in [3.8, 4) is 0 Å². The highest BCUT2D eigenvalue weighted by molar-refractivity contribution is 14.1. The zero-order valence-electron chi connectivity index (χ0n) is 10.4. The van der Waals surface area contributed by atoms with Gasteiger partial charge in [-0.3, -0.25) is 4.79 Å². The molecule has 1 aliphatic rings. The lowest BCUT2D eigenvalue weighted by Gasteiger charge is -2.28. The monoisotopic (exact) mass is 398 g/mol. The molecule has 1 saturated carbocycles. The molecule has 2 rings (SSSR count). The van der Waals surface area contributed by atoms with Gasteiger partial charge in [-0.05, 0) is 53.6 Å². The first-order chi connectivity index (χ1) is 8.56. The van der Waals surface area contributed by atoms with Crippen molar-refractivity contribution in [1.82, 2.24) is 5.32 Å². The van der Waals surface area contributed by atoms with E-state index in [0.29, 0.717) is 15.7 Å². The van der Waals surface area contributed by atoms with E-state index >= 15 is 0 Å². The molecule has 1 fully saturated rings. The molecular formula is C13H17ClFIN2O. The molecule has 0 bridgehead atoms. The Morgan fingerprint density at radius 1 is 1.42 bits per heavy atom. The van der Waals surface area contributed by atoms with Gasteiger partial charge in [0.25, 0.3) is 5.91 Å². The topological polar surface area (TPSA) is 55.1 Å². The Labute approximate surface area is 132 Å². The largest absolute Gasteiger partial charge is 0.345 e. The molecule has 0 spiro atoms. The van der Waals surface area contributed by atoms with Crippen molar-refractivity contribution in [3.05, 3.63) is 33.1 Å². The summed E-state index contributed by atoms with van der Waals surface area (Å²) in [6, 6.07) is 4.19. The second-order valence-corrected chi connectivity index (χ2v) is 5.93. The van der Waals surface area contributed by atoms with Crippen LogP contribution < -0.4 is 11.1 Å². The summed E-state index contributed by atoms with van der Waals surface area (Å²) in [5.41, 5.74) is 6.02. The third kappa shape index (κ3) is 3.79. The SMILES string of the molecule is Cl.NCC1(NC(=O)c2ccc(F)cc2I)CCCC1. The van der Waals surface area contributed by atoms with Crippen LogP contribution in [0.5, 0.6) is 0 Å². The summed E-state index contributed by atoms with van der Waals surface area (Å²) in [5, 5.41) is 3.03. The van der Waals surface area contributed by atoms with E-state index in [2.05, 4.69) is 5.32 Å². The van der Waals surface area contributed by atoms with E-state index in [0.717, 1.165) is 25.7 Å². The Morgan fingerprint density at radius 2 is 2.05 bits per heavy atom. The maximum absolute atomic E-state index is 13.0. The molecule has 3 N–H and O–H groups in total. The predicted octanol–water partition coefficient (Wildman–Crippen LogP) is 2.85. The average Bonchev–Trinajstić information content (AvgIpc) is 2.78. The van der Waals surface area contributed by atoms with Crippen LogP contribution in [-0.4, -0.2) is 18.0 Å². The molecule has 1 amide bonds. The molecule has 19 heavy (non-hydrogen) atoms. The summed E-state index contributed by atoms with van der Waals surface area (Å²) in [5.74, 6) is -0.489. The van der Waals surface area contributed by atoms with Gasteiger partial charge in [0.2, 0.25) is 0 Å². The van der Waals surface area contributed by atoms with Crippen molar-refractivity contribution in [2.45, 2.75) is 31.2 Å². The lowest BCUT2D eigenvalue weighted by atomic mass is 9.97. The van der Waals surface area contributed by atoms with E-state index in [4.69, 9.17) is 5.73 Å². The molecule has 0 atom stereocenters. The lowest BCUT2D eigenvalue weighted by molar-refractivity contribution is 0.0902. The second-order valence-electron chi connectivity index (χ2n) is 4.77. The molecule has 1 aromatic carbocycles. The van der Waals surface area contributed by atoms with Crippen LogP contribution in [0, 0.1) is 9.39 Å². The number of nitrogens with two attached hydrogens (primary N) is 1. The van der Waals surface area contributed by atoms with Crippen LogP contribution in [0.2, 0.25) is 0 Å². The van der Waals surface area contributed by atoms with Crippen LogP contribution >= 0.6 is 35.0 Å². The molecule has 0 radical (unpaired) electrons. The number of hydrogen-bond acceptors (Lipinski definition) is 2. The van der Waals surface area contributed by atoms with Crippen LogP contribution in [0.15, 0.2) is 18.2 Å². The Bertz CT molecular complexity index is 464. The third-order valence-electron chi connectivity index (χ3n) is 3.51. The highest BCUT2D eigenvalue weighted by Gasteiger charge is 2.34. The average molecular weight is 399 g/mol. The van der Waals surface area contributed by atoms with Crippen molar-refractivity contribution in [2.24, 2.45) is 5.73 Å². The molecule has 0 aliphatic heterocycles. The van der Waals surface area contributed by atoms with E-state index in [1.165, 1.54) is 18.2 Å². The highest BCUT2D eigenvalue weighted by atomic mass is 127. The fourth-order valence-electron chi connectivity index (χ4n) is 2.41. The summed E-state index contributed by atoms with van der Waals surface area (Å²) in [6.07, 6.45) is 4.04. The van der Waals surface area contributed by atoms with Crippen LogP contribution in [0.25, 0.3) is 0 Å². The summed E-state index contributed by atoms with van der Waals surface area (Å²) >= 11 is 1.97. The fraction of sp³-hybridized carbons (Fsp3) is 0.462. The summed E-state index contributed by atoms with van der Waals surface area (Å²) < 4.78 is 13.6. The van der Waals surface area contributed by atoms with Gasteiger partial charge in [0.1, 0.15) is 5.82 Å². The van der Waals surface area contributed by atoms with Gasteiger partial charge in [0.05, 0.1) is 11.1 Å². The van der Waals surface area contributed by atoms with Gasteiger partial charge in [-0.2, -0.15) is 0 Å². The normalized spacial score (nSPS) is 16.8. The van der Waals surface area contributed by atoms with Gasteiger partial charge in [0.15, 0.2) is 0 Å². The van der Waals surface area contributed by atoms with Crippen molar-refractivity contribution in [1.29, 1.82) is 0 Å². The third-order valence-corrected chi connectivity index (χ3v) is 4.40. The molecule has 0 saturated heterocycles. The predicted molar refractivity (Wildman–Crippen MR) is 84.1 cm³/mol. The quantitative estimate of drug-likeness (QED) is 0.769. The Kier molecular flexibility index (Phi) is 6.01. The first kappa shape index (κ1) is 16.7. The second kappa shape index (κ2) is 6.85. The number of carbonyl (C=O) groups excluding carboxylic acids is 1. The van der Waals surface area contributed by atoms with E-state index < -0.39 is 0 Å². The minimum Gasteiger partial charge on any atom is -0.345 e. The highest BCUT2D eigenvalue weighted by Crippen LogP contribution is 2.29. The molecule has 106 valence electrons. The Morgan fingerprint density at radius 3 is 2.58 bits per heavy atom. The number of hydrogen-bond donors (Lipinski definition) is 2. The number of halogens is 3. The van der Waals surface area contributed by atoms with E-state index in [1.54, 1.807) is 0 Å². The van der Waals surface area contributed by atoms with Crippen LogP contribution in [0.4, 0.5) is 4.39 Å². The molecular weight excluding hydrogens is 382 g/mol. The van der Waals surface area contributed by atoms with E-state index in [1.807, 2.05) is 22.6 Å². The molecule has 3 nitrogen and oxygen atoms in total. The van der Waals surface area contributed by atoms with Gasteiger partial charge in [-0.25, -0.2) is 4.39 Å². The maximum atomic E-state index is 13.0. The molecule has 0 aromatic heterocycles. The van der Waals surface area contributed by atoms with E-state index in [9.17, 15) is 9.18 Å². The molecule has 1 aromatic rings. The first-order valence-corrected chi connectivity index (χ1v) is 7.12. The molecule has 1 aliphatic carbocycles. The smallest absolute Gasteiger partial charge is 0.252 e. The van der Waals surface area contributed by atoms with E-state index in [-0.39, 0.29) is 29.7 Å².